The van der Waals surface area contributed by atoms with E-state index in [2.05, 4.69) is 6.92 Å². The van der Waals surface area contributed by atoms with E-state index in [0.29, 0.717) is 32.1 Å². The topological polar surface area (TPSA) is 294 Å². The van der Waals surface area contributed by atoms with E-state index < -0.39 is 159 Å². The maximum atomic E-state index is 13.9. The molecule has 7 N–H and O–H groups in total. The Balaban J connectivity index is 1.57. The molecule has 0 saturated carbocycles. The van der Waals surface area contributed by atoms with E-state index in [1.807, 2.05) is 0 Å². The van der Waals surface area contributed by atoms with Gasteiger partial charge in [0.2, 0.25) is 0 Å². The third kappa shape index (κ3) is 15.9. The van der Waals surface area contributed by atoms with Crippen LogP contribution in [0.5, 0.6) is 0 Å². The summed E-state index contributed by atoms with van der Waals surface area (Å²) in [6.07, 6.45) is -20.4. The minimum absolute atomic E-state index is 0.114. The Labute approximate surface area is 418 Å². The number of unbranched alkanes of at least 4 members (excludes halogenated alkanes) is 2. The van der Waals surface area contributed by atoms with Crippen LogP contribution in [0.25, 0.3) is 0 Å². The van der Waals surface area contributed by atoms with Crippen LogP contribution in [0.1, 0.15) is 152 Å². The minimum atomic E-state index is -1.95. The molecule has 0 aromatic carbocycles. The molecule has 5 rings (SSSR count). The van der Waals surface area contributed by atoms with Gasteiger partial charge in [-0.3, -0.25) is 14.4 Å². The predicted octanol–water partition coefficient (Wildman–Crippen LogP) is 2.58. The summed E-state index contributed by atoms with van der Waals surface area (Å²) in [5, 5.41) is 79.3. The van der Waals surface area contributed by atoms with Crippen molar-refractivity contribution in [3.05, 3.63) is 0 Å². The Morgan fingerprint density at radius 2 is 1.14 bits per heavy atom. The largest absolute Gasteiger partial charge is 0.463 e. The monoisotopic (exact) mass is 1020 g/mol. The number of aliphatic hydroxyl groups is 7. The van der Waals surface area contributed by atoms with Gasteiger partial charge in [-0.15, -0.1) is 0 Å². The van der Waals surface area contributed by atoms with Crippen molar-refractivity contribution in [3.63, 3.8) is 0 Å². The SMILES string of the molecule is CCCCC[C@H]1CCCCCCCCCC(=O)OC[C@H]2O[C@@H](O[C@H]3[C@H](O1)O[C@H](C)[C@H](O)[C@@H]3O)[C@H](O[C@@H]1O[C@@H](C)[C@H](OC(=O)[C@@H](C)CC)[C@@H](O[C@@H]3O[C@@H](C)[C@H](O)[C@@H](O)[C@H]3O)[C@H]1OC(=O)[C@@H](C)CC)[C@@H](O)[C@@H]2O. The fourth-order valence-corrected chi connectivity index (χ4v) is 9.37. The molecule has 0 aromatic heterocycles. The number of hydrogen-bond donors (Lipinski definition) is 7. The van der Waals surface area contributed by atoms with E-state index in [-0.39, 0.29) is 12.5 Å². The predicted molar refractivity (Wildman–Crippen MR) is 249 cm³/mol. The number of rotatable bonds is 14. The van der Waals surface area contributed by atoms with E-state index in [9.17, 15) is 50.1 Å². The van der Waals surface area contributed by atoms with Crippen LogP contribution in [-0.4, -0.2) is 189 Å². The zero-order valence-corrected chi connectivity index (χ0v) is 42.9. The number of fused-ring (bicyclic) bond motifs is 3. The fraction of sp³-hybridized carbons (Fsp3) is 0.940. The number of cyclic esters (lactones) is 1. The second-order valence-electron chi connectivity index (χ2n) is 20.3. The summed E-state index contributed by atoms with van der Waals surface area (Å²) in [6.45, 7) is 12.9. The summed E-state index contributed by atoms with van der Waals surface area (Å²) >= 11 is 0. The van der Waals surface area contributed by atoms with Gasteiger partial charge >= 0.3 is 17.9 Å². The molecule has 0 amide bonds. The third-order valence-electron chi connectivity index (χ3n) is 14.6. The summed E-state index contributed by atoms with van der Waals surface area (Å²) in [5.41, 5.74) is 0. The molecule has 5 fully saturated rings. The number of carbonyl (C=O) groups is 3. The number of hydrogen-bond acceptors (Lipinski definition) is 21. The van der Waals surface area contributed by atoms with Gasteiger partial charge in [0.15, 0.2) is 37.4 Å². The first-order valence-electron chi connectivity index (χ1n) is 26.4. The highest BCUT2D eigenvalue weighted by Crippen LogP contribution is 2.38. The Hall–Kier alpha value is -2.19. The van der Waals surface area contributed by atoms with Crippen LogP contribution in [0.4, 0.5) is 0 Å². The maximum Gasteiger partial charge on any atom is 0.309 e. The fourth-order valence-electron chi connectivity index (χ4n) is 9.37. The smallest absolute Gasteiger partial charge is 0.309 e. The van der Waals surface area contributed by atoms with Crippen LogP contribution < -0.4 is 0 Å². The summed E-state index contributed by atoms with van der Waals surface area (Å²) in [4.78, 5) is 40.3. The van der Waals surface area contributed by atoms with E-state index in [1.165, 1.54) is 13.8 Å². The van der Waals surface area contributed by atoms with E-state index in [4.69, 9.17) is 52.1 Å². The molecule has 2 bridgehead atoms. The Kier molecular flexibility index (Phi) is 24.1. The molecule has 0 unspecified atom stereocenters. The minimum Gasteiger partial charge on any atom is -0.463 e. The first-order chi connectivity index (χ1) is 33.8. The van der Waals surface area contributed by atoms with Crippen LogP contribution in [0.3, 0.4) is 0 Å². The summed E-state index contributed by atoms with van der Waals surface area (Å²) < 4.78 is 68.5. The van der Waals surface area contributed by atoms with Crippen LogP contribution in [0.2, 0.25) is 0 Å². The van der Waals surface area contributed by atoms with Crippen molar-refractivity contribution in [2.75, 3.05) is 6.61 Å². The van der Waals surface area contributed by atoms with Crippen molar-refractivity contribution in [2.24, 2.45) is 11.8 Å². The summed E-state index contributed by atoms with van der Waals surface area (Å²) in [7, 11) is 0. The van der Waals surface area contributed by atoms with Crippen LogP contribution in [0, 0.1) is 11.8 Å². The molecule has 21 nitrogen and oxygen atoms in total. The zero-order chi connectivity index (χ0) is 52.1. The molecule has 0 aromatic rings. The standard InChI is InChI=1S/C50H86O21/c1-9-12-18-21-30-22-19-16-14-13-15-17-20-23-32(51)61-24-31-35(54)38(57)42(49(66-31)69-41-37(56)34(53)28(7)63-48(41)65-30)70-50-44(68-46(60)26(5)11-3)43(40(29(8)64-50)67-45(59)25(4)10-2)71-47-39(58)36(55)33(52)27(6)62-47/h25-31,33-44,47-50,52-58H,9-24H2,1-8H3/t25-,26-,27-,28+,29-,30-,31+,33-,34-,35+,36+,37-,38-,39+,40-,41+,42+,43+,44+,47-,48-,49-,50-/m0/s1. The number of ether oxygens (including phenoxy) is 11. The molecule has 0 spiro atoms. The van der Waals surface area contributed by atoms with Crippen molar-refractivity contribution >= 4 is 17.9 Å². The van der Waals surface area contributed by atoms with Crippen LogP contribution >= 0.6 is 0 Å². The van der Waals surface area contributed by atoms with Gasteiger partial charge in [-0.05, 0) is 52.9 Å². The molecule has 5 heterocycles. The number of esters is 3. The average molecular weight is 1020 g/mol. The molecule has 412 valence electrons. The zero-order valence-electron chi connectivity index (χ0n) is 42.9. The van der Waals surface area contributed by atoms with Gasteiger partial charge in [-0.25, -0.2) is 0 Å². The quantitative estimate of drug-likeness (QED) is 0.0747. The Morgan fingerprint density at radius 3 is 1.79 bits per heavy atom. The highest BCUT2D eigenvalue weighted by atomic mass is 16.8. The Morgan fingerprint density at radius 1 is 0.563 bits per heavy atom. The van der Waals surface area contributed by atoms with Gasteiger partial charge in [-0.1, -0.05) is 92.4 Å². The number of carbonyl (C=O) groups excluding carboxylic acids is 3. The van der Waals surface area contributed by atoms with Gasteiger partial charge in [0.25, 0.3) is 0 Å². The van der Waals surface area contributed by atoms with Crippen LogP contribution in [-0.2, 0) is 66.5 Å². The summed E-state index contributed by atoms with van der Waals surface area (Å²) in [5.74, 6) is -3.33. The molecular formula is C50H86O21. The first-order valence-corrected chi connectivity index (χ1v) is 26.4. The van der Waals surface area contributed by atoms with E-state index in [1.54, 1.807) is 34.6 Å². The van der Waals surface area contributed by atoms with Crippen molar-refractivity contribution in [1.82, 2.24) is 0 Å². The van der Waals surface area contributed by atoms with Crippen molar-refractivity contribution in [2.45, 2.75) is 281 Å². The van der Waals surface area contributed by atoms with E-state index in [0.717, 1.165) is 57.8 Å². The second-order valence-corrected chi connectivity index (χ2v) is 20.3. The normalized spacial score (nSPS) is 42.4. The molecule has 5 aliphatic rings. The molecule has 23 atom stereocenters. The Bertz CT molecular complexity index is 1610. The molecule has 71 heavy (non-hydrogen) atoms. The van der Waals surface area contributed by atoms with Gasteiger partial charge in [-0.2, -0.15) is 0 Å². The van der Waals surface area contributed by atoms with Gasteiger partial charge < -0.3 is 87.9 Å². The lowest BCUT2D eigenvalue weighted by molar-refractivity contribution is -0.400. The highest BCUT2D eigenvalue weighted by Gasteiger charge is 2.58. The van der Waals surface area contributed by atoms with Crippen LogP contribution in [0.15, 0.2) is 0 Å². The molecule has 0 aliphatic carbocycles. The molecule has 5 aliphatic heterocycles. The second kappa shape index (κ2) is 28.6. The third-order valence-corrected chi connectivity index (χ3v) is 14.6. The maximum absolute atomic E-state index is 13.9. The molecule has 21 heteroatoms. The lowest BCUT2D eigenvalue weighted by Crippen LogP contribution is -2.68. The summed E-state index contributed by atoms with van der Waals surface area (Å²) in [6, 6.07) is 0. The average Bonchev–Trinajstić information content (AvgIpc) is 3.34. The van der Waals surface area contributed by atoms with Gasteiger partial charge in [0, 0.05) is 6.42 Å². The van der Waals surface area contributed by atoms with Crippen molar-refractivity contribution in [1.29, 1.82) is 0 Å². The van der Waals surface area contributed by atoms with Gasteiger partial charge in [0.1, 0.15) is 73.8 Å². The lowest BCUT2D eigenvalue weighted by Gasteiger charge is -2.50. The lowest BCUT2D eigenvalue weighted by atomic mass is 9.95. The molecule has 0 radical (unpaired) electrons. The van der Waals surface area contributed by atoms with E-state index >= 15 is 0 Å². The van der Waals surface area contributed by atoms with Crippen molar-refractivity contribution in [3.8, 4) is 0 Å². The van der Waals surface area contributed by atoms with Crippen molar-refractivity contribution < 1.29 is 102 Å². The highest BCUT2D eigenvalue weighted by molar-refractivity contribution is 5.73. The first kappa shape index (κ1) is 59.7. The van der Waals surface area contributed by atoms with Gasteiger partial charge in [0.05, 0.1) is 36.3 Å². The molecular weight excluding hydrogens is 937 g/mol. The number of aliphatic hydroxyl groups excluding tert-OH is 7. The molecule has 5 saturated heterocycles.